The zero-order valence-corrected chi connectivity index (χ0v) is 15.9. The molecule has 3 rings (SSSR count). The summed E-state index contributed by atoms with van der Waals surface area (Å²) in [6.07, 6.45) is 1.14. The molecule has 1 aromatic carbocycles. The summed E-state index contributed by atoms with van der Waals surface area (Å²) >= 11 is 1.75. The maximum Gasteiger partial charge on any atom is 0.191 e. The second kappa shape index (κ2) is 8.90. The van der Waals surface area contributed by atoms with Gasteiger partial charge >= 0.3 is 0 Å². The minimum absolute atomic E-state index is 0.439. The molecule has 2 unspecified atom stereocenters. The van der Waals surface area contributed by atoms with Crippen molar-refractivity contribution in [3.05, 3.63) is 52.7 Å². The highest BCUT2D eigenvalue weighted by Gasteiger charge is 2.23. The van der Waals surface area contributed by atoms with Gasteiger partial charge in [-0.1, -0.05) is 25.1 Å². The lowest BCUT2D eigenvalue weighted by molar-refractivity contribution is 0.645. The summed E-state index contributed by atoms with van der Waals surface area (Å²) in [5, 5.41) is 11.4. The fraction of sp³-hybridized carbons (Fsp3) is 0.450. The van der Waals surface area contributed by atoms with Crippen LogP contribution in [0.1, 0.15) is 31.7 Å². The third-order valence-corrected chi connectivity index (χ3v) is 5.33. The highest BCUT2D eigenvalue weighted by molar-refractivity contribution is 7.07. The SMILES string of the molecule is CCNC(=NCC(C)c1ccsc1)NC1CCN(c2ccccc2)C1. The molecule has 5 heteroatoms. The Balaban J connectivity index is 1.56. The summed E-state index contributed by atoms with van der Waals surface area (Å²) in [7, 11) is 0. The van der Waals surface area contributed by atoms with E-state index in [1.165, 1.54) is 11.3 Å². The normalized spacial score (nSPS) is 19.0. The second-order valence-electron chi connectivity index (χ2n) is 6.59. The van der Waals surface area contributed by atoms with E-state index in [2.05, 4.69) is 76.5 Å². The van der Waals surface area contributed by atoms with Gasteiger partial charge in [-0.15, -0.1) is 0 Å². The minimum Gasteiger partial charge on any atom is -0.369 e. The van der Waals surface area contributed by atoms with Gasteiger partial charge in [-0.25, -0.2) is 0 Å². The van der Waals surface area contributed by atoms with E-state index in [1.807, 2.05) is 0 Å². The van der Waals surface area contributed by atoms with E-state index < -0.39 is 0 Å². The van der Waals surface area contributed by atoms with Crippen LogP contribution in [-0.2, 0) is 0 Å². The van der Waals surface area contributed by atoms with Crippen molar-refractivity contribution in [2.75, 3.05) is 31.1 Å². The Morgan fingerprint density at radius 3 is 2.88 bits per heavy atom. The number of hydrogen-bond acceptors (Lipinski definition) is 3. The van der Waals surface area contributed by atoms with Crippen molar-refractivity contribution in [3.63, 3.8) is 0 Å². The molecule has 0 saturated carbocycles. The number of guanidine groups is 1. The average molecular weight is 357 g/mol. The number of hydrogen-bond donors (Lipinski definition) is 2. The number of para-hydroxylation sites is 1. The Kier molecular flexibility index (Phi) is 6.34. The Morgan fingerprint density at radius 2 is 2.16 bits per heavy atom. The van der Waals surface area contributed by atoms with Crippen molar-refractivity contribution in [1.29, 1.82) is 0 Å². The number of benzene rings is 1. The monoisotopic (exact) mass is 356 g/mol. The molecule has 0 radical (unpaired) electrons. The summed E-state index contributed by atoms with van der Waals surface area (Å²) in [6, 6.07) is 13.3. The van der Waals surface area contributed by atoms with Crippen molar-refractivity contribution in [3.8, 4) is 0 Å². The van der Waals surface area contributed by atoms with Gasteiger partial charge in [0.1, 0.15) is 0 Å². The van der Waals surface area contributed by atoms with Crippen molar-refractivity contribution in [2.24, 2.45) is 4.99 Å². The maximum absolute atomic E-state index is 4.81. The first-order valence-corrected chi connectivity index (χ1v) is 10.1. The van der Waals surface area contributed by atoms with Gasteiger partial charge in [-0.3, -0.25) is 4.99 Å². The van der Waals surface area contributed by atoms with Crippen LogP contribution in [0.4, 0.5) is 5.69 Å². The molecule has 2 N–H and O–H groups in total. The summed E-state index contributed by atoms with van der Waals surface area (Å²) in [6.45, 7) is 8.15. The maximum atomic E-state index is 4.81. The van der Waals surface area contributed by atoms with E-state index >= 15 is 0 Å². The van der Waals surface area contributed by atoms with Gasteiger partial charge in [0.05, 0.1) is 0 Å². The number of nitrogens with one attached hydrogen (secondary N) is 2. The van der Waals surface area contributed by atoms with Crippen molar-refractivity contribution in [2.45, 2.75) is 32.2 Å². The van der Waals surface area contributed by atoms with Gasteiger partial charge in [0.2, 0.25) is 0 Å². The Hall–Kier alpha value is -2.01. The molecule has 134 valence electrons. The Morgan fingerprint density at radius 1 is 1.32 bits per heavy atom. The highest BCUT2D eigenvalue weighted by atomic mass is 32.1. The van der Waals surface area contributed by atoms with Gasteiger partial charge in [-0.2, -0.15) is 11.3 Å². The first-order chi connectivity index (χ1) is 12.3. The largest absolute Gasteiger partial charge is 0.369 e. The van der Waals surface area contributed by atoms with E-state index in [9.17, 15) is 0 Å². The fourth-order valence-corrected chi connectivity index (χ4v) is 3.94. The van der Waals surface area contributed by atoms with Gasteiger partial charge in [-0.05, 0) is 47.9 Å². The minimum atomic E-state index is 0.439. The van der Waals surface area contributed by atoms with Crippen LogP contribution in [-0.4, -0.2) is 38.2 Å². The smallest absolute Gasteiger partial charge is 0.191 e. The molecule has 2 atom stereocenters. The molecule has 1 saturated heterocycles. The molecule has 4 nitrogen and oxygen atoms in total. The van der Waals surface area contributed by atoms with Crippen molar-refractivity contribution in [1.82, 2.24) is 10.6 Å². The summed E-state index contributed by atoms with van der Waals surface area (Å²) in [4.78, 5) is 7.25. The highest BCUT2D eigenvalue weighted by Crippen LogP contribution is 2.20. The fourth-order valence-electron chi connectivity index (χ4n) is 3.15. The van der Waals surface area contributed by atoms with Gasteiger partial charge in [0, 0.05) is 43.8 Å². The van der Waals surface area contributed by atoms with Crippen LogP contribution in [0.15, 0.2) is 52.2 Å². The van der Waals surface area contributed by atoms with Crippen LogP contribution in [0.3, 0.4) is 0 Å². The molecule has 25 heavy (non-hydrogen) atoms. The van der Waals surface area contributed by atoms with Crippen LogP contribution >= 0.6 is 11.3 Å². The van der Waals surface area contributed by atoms with E-state index in [0.717, 1.165) is 38.6 Å². The number of aliphatic imine (C=N–C) groups is 1. The summed E-state index contributed by atoms with van der Waals surface area (Å²) in [5.74, 6) is 1.38. The standard InChI is InChI=1S/C20H28N4S/c1-3-21-20(22-13-16(2)17-10-12-25-15-17)23-18-9-11-24(14-18)19-7-5-4-6-8-19/h4-8,10,12,15-16,18H,3,9,11,13-14H2,1-2H3,(H2,21,22,23). The van der Waals surface area contributed by atoms with Crippen LogP contribution < -0.4 is 15.5 Å². The molecule has 0 bridgehead atoms. The number of thiophene rings is 1. The molecular formula is C20H28N4S. The van der Waals surface area contributed by atoms with Gasteiger partial charge in [0.15, 0.2) is 5.96 Å². The van der Waals surface area contributed by atoms with E-state index in [-0.39, 0.29) is 0 Å². The van der Waals surface area contributed by atoms with E-state index in [0.29, 0.717) is 12.0 Å². The van der Waals surface area contributed by atoms with Gasteiger partial charge in [0.25, 0.3) is 0 Å². The lowest BCUT2D eigenvalue weighted by Crippen LogP contribution is -2.44. The quantitative estimate of drug-likeness (QED) is 0.613. The zero-order valence-electron chi connectivity index (χ0n) is 15.1. The zero-order chi connectivity index (χ0) is 17.5. The Bertz CT molecular complexity index is 654. The third kappa shape index (κ3) is 4.98. The molecule has 0 spiro atoms. The number of anilines is 1. The van der Waals surface area contributed by atoms with Crippen LogP contribution in [0.25, 0.3) is 0 Å². The van der Waals surface area contributed by atoms with Crippen LogP contribution in [0, 0.1) is 0 Å². The molecule has 1 aliphatic rings. The number of nitrogens with zero attached hydrogens (tertiary/aromatic N) is 2. The topological polar surface area (TPSA) is 39.7 Å². The molecule has 1 fully saturated rings. The summed E-state index contributed by atoms with van der Waals surface area (Å²) in [5.41, 5.74) is 2.68. The van der Waals surface area contributed by atoms with Crippen LogP contribution in [0.2, 0.25) is 0 Å². The van der Waals surface area contributed by atoms with Crippen LogP contribution in [0.5, 0.6) is 0 Å². The molecule has 1 aliphatic heterocycles. The second-order valence-corrected chi connectivity index (χ2v) is 7.37. The number of rotatable bonds is 6. The Labute approximate surface area is 155 Å². The van der Waals surface area contributed by atoms with Gasteiger partial charge < -0.3 is 15.5 Å². The predicted octanol–water partition coefficient (Wildman–Crippen LogP) is 3.69. The summed E-state index contributed by atoms with van der Waals surface area (Å²) < 4.78 is 0. The molecule has 0 amide bonds. The van der Waals surface area contributed by atoms with E-state index in [1.54, 1.807) is 11.3 Å². The molecule has 1 aromatic heterocycles. The first kappa shape index (κ1) is 17.8. The molecule has 2 heterocycles. The molecular weight excluding hydrogens is 328 g/mol. The van der Waals surface area contributed by atoms with Crippen molar-refractivity contribution >= 4 is 23.0 Å². The third-order valence-electron chi connectivity index (χ3n) is 4.63. The van der Waals surface area contributed by atoms with Crippen molar-refractivity contribution < 1.29 is 0 Å². The van der Waals surface area contributed by atoms with E-state index in [4.69, 9.17) is 4.99 Å². The lowest BCUT2D eigenvalue weighted by atomic mass is 10.1. The first-order valence-electron chi connectivity index (χ1n) is 9.13. The molecule has 0 aliphatic carbocycles. The average Bonchev–Trinajstić information content (AvgIpc) is 3.32. The molecule has 2 aromatic rings. The predicted molar refractivity (Wildman–Crippen MR) is 109 cm³/mol. The lowest BCUT2D eigenvalue weighted by Gasteiger charge is -2.20.